The molecule has 0 aliphatic heterocycles. The first-order valence-corrected chi connectivity index (χ1v) is 13.4. The maximum atomic E-state index is 12.9. The zero-order valence-corrected chi connectivity index (χ0v) is 23.3. The van der Waals surface area contributed by atoms with Gasteiger partial charge in [0.05, 0.1) is 21.8 Å². The lowest BCUT2D eigenvalue weighted by atomic mass is 10.0. The molecular weight excluding hydrogens is 608 g/mol. The predicted molar refractivity (Wildman–Crippen MR) is 146 cm³/mol. The number of carbonyl (C=O) groups excluding carboxylic acids is 2. The van der Waals surface area contributed by atoms with Crippen LogP contribution >= 0.6 is 57.6 Å². The highest BCUT2D eigenvalue weighted by atomic mass is 127. The quantitative estimate of drug-likeness (QED) is 0.221. The Balaban J connectivity index is 1.71. The highest BCUT2D eigenvalue weighted by Crippen LogP contribution is 2.27. The maximum absolute atomic E-state index is 12.9. The summed E-state index contributed by atoms with van der Waals surface area (Å²) in [5.41, 5.74) is 1.15. The molecule has 0 aliphatic rings. The van der Waals surface area contributed by atoms with E-state index in [1.165, 1.54) is 17.8 Å². The topological polar surface area (TPSA) is 88.9 Å². The number of benzene rings is 2. The molecule has 3 rings (SSSR count). The van der Waals surface area contributed by atoms with Crippen LogP contribution in [0.5, 0.6) is 0 Å². The molecule has 0 bridgehead atoms. The maximum Gasteiger partial charge on any atom is 0.251 e. The third-order valence-electron chi connectivity index (χ3n) is 4.94. The summed E-state index contributed by atoms with van der Waals surface area (Å²) in [5, 5.41) is 15.9. The van der Waals surface area contributed by atoms with Gasteiger partial charge >= 0.3 is 0 Å². The molecule has 0 saturated heterocycles. The lowest BCUT2D eigenvalue weighted by Gasteiger charge is -2.22. The smallest absolute Gasteiger partial charge is 0.251 e. The first-order chi connectivity index (χ1) is 16.2. The van der Waals surface area contributed by atoms with E-state index in [1.54, 1.807) is 12.1 Å². The van der Waals surface area contributed by atoms with Crippen molar-refractivity contribution in [3.05, 3.63) is 67.5 Å². The second-order valence-corrected chi connectivity index (χ2v) is 10.8. The minimum absolute atomic E-state index is 0.0447. The lowest BCUT2D eigenvalue weighted by Crippen LogP contribution is -2.33. The van der Waals surface area contributed by atoms with E-state index in [-0.39, 0.29) is 29.5 Å². The van der Waals surface area contributed by atoms with Crippen molar-refractivity contribution in [2.24, 2.45) is 5.92 Å². The van der Waals surface area contributed by atoms with Crippen molar-refractivity contribution in [3.8, 4) is 0 Å². The number of rotatable bonds is 9. The third kappa shape index (κ3) is 6.87. The Morgan fingerprint density at radius 2 is 1.79 bits per heavy atom. The summed E-state index contributed by atoms with van der Waals surface area (Å²) in [7, 11) is 0. The molecule has 180 valence electrons. The lowest BCUT2D eigenvalue weighted by molar-refractivity contribution is -0.113. The van der Waals surface area contributed by atoms with Crippen LogP contribution in [0.3, 0.4) is 0 Å². The highest BCUT2D eigenvalue weighted by Gasteiger charge is 2.26. The average Bonchev–Trinajstić information content (AvgIpc) is 3.21. The SMILES string of the molecule is CCn1c(SCC(=O)Nc2ccc(I)cc2)nnc1[C@@H](NC(=O)c1ccc(Cl)c(Cl)c1)C(C)C. The molecular formula is C23H24Cl2IN5O2S. The molecule has 2 aromatic carbocycles. The summed E-state index contributed by atoms with van der Waals surface area (Å²) in [6.07, 6.45) is 0. The number of hydrogen-bond donors (Lipinski definition) is 2. The Bertz CT molecular complexity index is 1170. The van der Waals surface area contributed by atoms with Gasteiger partial charge in [-0.25, -0.2) is 0 Å². The monoisotopic (exact) mass is 631 g/mol. The van der Waals surface area contributed by atoms with Crippen LogP contribution in [0.1, 0.15) is 43.0 Å². The van der Waals surface area contributed by atoms with Gasteiger partial charge in [0.1, 0.15) is 0 Å². The Hall–Kier alpha value is -1.82. The van der Waals surface area contributed by atoms with Gasteiger partial charge in [0.2, 0.25) is 5.91 Å². The minimum atomic E-state index is -0.385. The van der Waals surface area contributed by atoms with Crippen LogP contribution in [0.4, 0.5) is 5.69 Å². The van der Waals surface area contributed by atoms with Crippen molar-refractivity contribution in [3.63, 3.8) is 0 Å². The molecule has 2 N–H and O–H groups in total. The van der Waals surface area contributed by atoms with Gasteiger partial charge in [-0.2, -0.15) is 0 Å². The number of nitrogens with one attached hydrogen (secondary N) is 2. The molecule has 11 heteroatoms. The molecule has 34 heavy (non-hydrogen) atoms. The Morgan fingerprint density at radius 3 is 2.41 bits per heavy atom. The second-order valence-electron chi connectivity index (χ2n) is 7.75. The molecule has 2 amide bonds. The Labute approximate surface area is 226 Å². The van der Waals surface area contributed by atoms with E-state index in [1.807, 2.05) is 49.6 Å². The van der Waals surface area contributed by atoms with Crippen molar-refractivity contribution in [2.75, 3.05) is 11.1 Å². The molecule has 7 nitrogen and oxygen atoms in total. The number of thioether (sulfide) groups is 1. The van der Waals surface area contributed by atoms with Crippen LogP contribution in [0.2, 0.25) is 10.0 Å². The van der Waals surface area contributed by atoms with Gasteiger partial charge in [0.25, 0.3) is 5.91 Å². The summed E-state index contributed by atoms with van der Waals surface area (Å²) in [6.45, 7) is 6.56. The van der Waals surface area contributed by atoms with Crippen molar-refractivity contribution in [1.29, 1.82) is 0 Å². The molecule has 0 radical (unpaired) electrons. The zero-order chi connectivity index (χ0) is 24.8. The molecule has 1 atom stereocenters. The Kier molecular flexibility index (Phi) is 9.64. The van der Waals surface area contributed by atoms with E-state index in [0.29, 0.717) is 33.1 Å². The number of hydrogen-bond acceptors (Lipinski definition) is 5. The van der Waals surface area contributed by atoms with Gasteiger partial charge < -0.3 is 15.2 Å². The first-order valence-electron chi connectivity index (χ1n) is 10.6. The average molecular weight is 632 g/mol. The van der Waals surface area contributed by atoms with Crippen molar-refractivity contribution in [1.82, 2.24) is 20.1 Å². The fraction of sp³-hybridized carbons (Fsp3) is 0.304. The van der Waals surface area contributed by atoms with E-state index in [2.05, 4.69) is 43.4 Å². The van der Waals surface area contributed by atoms with E-state index >= 15 is 0 Å². The summed E-state index contributed by atoms with van der Waals surface area (Å²) in [6, 6.07) is 12.0. The number of halogens is 3. The fourth-order valence-corrected chi connectivity index (χ4v) is 4.65. The van der Waals surface area contributed by atoms with Crippen LogP contribution in [0.15, 0.2) is 47.6 Å². The predicted octanol–water partition coefficient (Wildman–Crippen LogP) is 6.07. The second kappa shape index (κ2) is 12.2. The minimum Gasteiger partial charge on any atom is -0.342 e. The van der Waals surface area contributed by atoms with Crippen LogP contribution in [0.25, 0.3) is 0 Å². The first kappa shape index (κ1) is 26.8. The molecule has 3 aromatic rings. The van der Waals surface area contributed by atoms with Gasteiger partial charge in [-0.15, -0.1) is 10.2 Å². The fourth-order valence-electron chi connectivity index (χ4n) is 3.19. The van der Waals surface area contributed by atoms with E-state index < -0.39 is 0 Å². The number of carbonyl (C=O) groups is 2. The number of nitrogens with zero attached hydrogens (tertiary/aromatic N) is 3. The molecule has 0 unspecified atom stereocenters. The normalized spacial score (nSPS) is 12.0. The van der Waals surface area contributed by atoms with Gasteiger partial charge in [-0.1, -0.05) is 48.8 Å². The summed E-state index contributed by atoms with van der Waals surface area (Å²) in [4.78, 5) is 25.3. The van der Waals surface area contributed by atoms with Crippen LogP contribution in [-0.2, 0) is 11.3 Å². The van der Waals surface area contributed by atoms with Gasteiger partial charge in [0.15, 0.2) is 11.0 Å². The molecule has 0 saturated carbocycles. The van der Waals surface area contributed by atoms with Crippen LogP contribution in [-0.4, -0.2) is 32.3 Å². The highest BCUT2D eigenvalue weighted by molar-refractivity contribution is 14.1. The largest absolute Gasteiger partial charge is 0.342 e. The summed E-state index contributed by atoms with van der Waals surface area (Å²) in [5.74, 6) is 0.446. The molecule has 1 aromatic heterocycles. The molecule has 0 aliphatic carbocycles. The standard InChI is InChI=1S/C23H24Cl2IN5O2S/c1-4-31-21(20(13(2)3)28-22(33)14-5-10-17(24)18(25)11-14)29-30-23(31)34-12-19(32)27-16-8-6-15(26)7-9-16/h5-11,13,20H,4,12H2,1-3H3,(H,27,32)(H,28,33)/t20-/m0/s1. The number of amides is 2. The van der Waals surface area contributed by atoms with Crippen molar-refractivity contribution >= 4 is 75.1 Å². The van der Waals surface area contributed by atoms with Gasteiger partial charge in [-0.3, -0.25) is 9.59 Å². The Morgan fingerprint density at radius 1 is 1.09 bits per heavy atom. The number of aromatic nitrogens is 3. The van der Waals surface area contributed by atoms with Crippen molar-refractivity contribution < 1.29 is 9.59 Å². The van der Waals surface area contributed by atoms with E-state index in [0.717, 1.165) is 9.26 Å². The molecule has 1 heterocycles. The van der Waals surface area contributed by atoms with Crippen LogP contribution < -0.4 is 10.6 Å². The van der Waals surface area contributed by atoms with Crippen molar-refractivity contribution in [2.45, 2.75) is 38.5 Å². The van der Waals surface area contributed by atoms with Gasteiger partial charge in [-0.05, 0) is 77.9 Å². The molecule has 0 spiro atoms. The zero-order valence-electron chi connectivity index (χ0n) is 18.8. The third-order valence-corrected chi connectivity index (χ3v) is 7.36. The van der Waals surface area contributed by atoms with Crippen LogP contribution in [0, 0.1) is 9.49 Å². The summed E-state index contributed by atoms with van der Waals surface area (Å²) < 4.78 is 3.02. The molecule has 0 fully saturated rings. The van der Waals surface area contributed by atoms with E-state index in [9.17, 15) is 9.59 Å². The van der Waals surface area contributed by atoms with Gasteiger partial charge in [0, 0.05) is 21.4 Å². The number of anilines is 1. The van der Waals surface area contributed by atoms with E-state index in [4.69, 9.17) is 23.2 Å². The summed E-state index contributed by atoms with van der Waals surface area (Å²) >= 11 is 15.6.